The molecule has 2 heterocycles. The summed E-state index contributed by atoms with van der Waals surface area (Å²) in [4.78, 5) is 4.70. The molecule has 0 saturated carbocycles. The van der Waals surface area contributed by atoms with Gasteiger partial charge in [0, 0.05) is 44.0 Å². The normalized spacial score (nSPS) is 25.8. The van der Waals surface area contributed by atoms with E-state index in [9.17, 15) is 5.11 Å². The van der Waals surface area contributed by atoms with Gasteiger partial charge in [0.15, 0.2) is 0 Å². The highest BCUT2D eigenvalue weighted by Crippen LogP contribution is 2.23. The van der Waals surface area contributed by atoms with Crippen molar-refractivity contribution in [3.8, 4) is 0 Å². The lowest BCUT2D eigenvalue weighted by molar-refractivity contribution is -0.0368. The molecule has 0 bridgehead atoms. The average Bonchev–Trinajstić information content (AvgIpc) is 2.62. The molecule has 5 nitrogen and oxygen atoms in total. The number of nitrogens with zero attached hydrogens (tertiary/aromatic N) is 2. The Balaban J connectivity index is 1.54. The first-order valence-electron chi connectivity index (χ1n) is 9.62. The highest BCUT2D eigenvalue weighted by atomic mass is 16.5. The molecule has 0 radical (unpaired) electrons. The van der Waals surface area contributed by atoms with Gasteiger partial charge in [0.25, 0.3) is 0 Å². The zero-order valence-corrected chi connectivity index (χ0v) is 15.8. The summed E-state index contributed by atoms with van der Waals surface area (Å²) in [6.45, 7) is 9.15. The van der Waals surface area contributed by atoms with Crippen LogP contribution in [0.1, 0.15) is 38.3 Å². The number of aliphatic hydroxyl groups is 1. The lowest BCUT2D eigenvalue weighted by Gasteiger charge is -2.35. The van der Waals surface area contributed by atoms with Crippen molar-refractivity contribution in [2.45, 2.75) is 51.0 Å². The largest absolute Gasteiger partial charge is 0.393 e. The van der Waals surface area contributed by atoms with Crippen molar-refractivity contribution in [3.05, 3.63) is 29.8 Å². The van der Waals surface area contributed by atoms with Crippen LogP contribution in [-0.2, 0) is 4.74 Å². The molecule has 3 unspecified atom stereocenters. The molecule has 2 aliphatic heterocycles. The van der Waals surface area contributed by atoms with Gasteiger partial charge in [-0.05, 0) is 51.4 Å². The van der Waals surface area contributed by atoms with E-state index in [1.54, 1.807) is 0 Å². The van der Waals surface area contributed by atoms with Gasteiger partial charge in [-0.2, -0.15) is 0 Å². The lowest BCUT2D eigenvalue weighted by Crippen LogP contribution is -2.50. The predicted molar refractivity (Wildman–Crippen MR) is 102 cm³/mol. The summed E-state index contributed by atoms with van der Waals surface area (Å²) in [5.74, 6) is 0. The van der Waals surface area contributed by atoms with Crippen LogP contribution in [0, 0.1) is 0 Å². The molecule has 5 heteroatoms. The Hall–Kier alpha value is -1.14. The molecular weight excluding hydrogens is 314 g/mol. The minimum atomic E-state index is -0.123. The van der Waals surface area contributed by atoms with Crippen LogP contribution in [0.3, 0.4) is 0 Å². The van der Waals surface area contributed by atoms with Gasteiger partial charge in [-0.15, -0.1) is 0 Å². The van der Waals surface area contributed by atoms with E-state index in [2.05, 4.69) is 60.3 Å². The van der Waals surface area contributed by atoms with Crippen molar-refractivity contribution < 1.29 is 9.84 Å². The molecule has 0 aliphatic carbocycles. The average molecular weight is 348 g/mol. The Labute approximate surface area is 152 Å². The van der Waals surface area contributed by atoms with E-state index in [-0.39, 0.29) is 12.2 Å². The first kappa shape index (κ1) is 18.6. The van der Waals surface area contributed by atoms with Gasteiger partial charge in [-0.3, -0.25) is 0 Å². The van der Waals surface area contributed by atoms with Gasteiger partial charge < -0.3 is 25.0 Å². The van der Waals surface area contributed by atoms with Gasteiger partial charge in [0.1, 0.15) is 0 Å². The summed E-state index contributed by atoms with van der Waals surface area (Å²) >= 11 is 0. The number of aliphatic hydroxyl groups excluding tert-OH is 1. The zero-order valence-electron chi connectivity index (χ0n) is 15.8. The van der Waals surface area contributed by atoms with Crippen LogP contribution in [-0.4, -0.2) is 68.1 Å². The molecule has 2 saturated heterocycles. The molecule has 25 heavy (non-hydrogen) atoms. The third kappa shape index (κ3) is 4.94. The second-order valence-electron chi connectivity index (χ2n) is 7.66. The molecule has 0 spiro atoms. The number of ether oxygens (including phenoxy) is 1. The summed E-state index contributed by atoms with van der Waals surface area (Å²) in [7, 11) is 2.16. The molecule has 0 aromatic heterocycles. The number of benzene rings is 1. The maximum Gasteiger partial charge on any atom is 0.0852 e. The van der Waals surface area contributed by atoms with E-state index in [1.165, 1.54) is 11.3 Å². The summed E-state index contributed by atoms with van der Waals surface area (Å²) in [6, 6.07) is 9.47. The van der Waals surface area contributed by atoms with Crippen LogP contribution in [0.25, 0.3) is 0 Å². The minimum absolute atomic E-state index is 0.123. The molecule has 3 rings (SSSR count). The number of rotatable bonds is 5. The standard InChI is InChI=1S/C20H33N3O2/c1-15(21-16(2)20-14-22(3)12-13-25-20)17-4-6-18(7-5-17)23-10-8-19(24)9-11-23/h4-7,15-16,19-21,24H,8-14H2,1-3H3. The summed E-state index contributed by atoms with van der Waals surface area (Å²) < 4.78 is 5.92. The number of morpholine rings is 1. The molecule has 0 amide bonds. The fourth-order valence-corrected chi connectivity index (χ4v) is 3.81. The number of piperidine rings is 1. The van der Waals surface area contributed by atoms with Crippen LogP contribution >= 0.6 is 0 Å². The van der Waals surface area contributed by atoms with E-state index in [0.717, 1.165) is 45.6 Å². The fourth-order valence-electron chi connectivity index (χ4n) is 3.81. The number of nitrogens with one attached hydrogen (secondary N) is 1. The number of hydrogen-bond acceptors (Lipinski definition) is 5. The molecular formula is C20H33N3O2. The molecule has 1 aromatic rings. The van der Waals surface area contributed by atoms with Crippen molar-refractivity contribution in [1.82, 2.24) is 10.2 Å². The predicted octanol–water partition coefficient (Wildman–Crippen LogP) is 2.02. The Kier molecular flexibility index (Phi) is 6.34. The second kappa shape index (κ2) is 8.49. The fraction of sp³-hybridized carbons (Fsp3) is 0.700. The summed E-state index contributed by atoms with van der Waals surface area (Å²) in [5.41, 5.74) is 2.56. The molecule has 1 aromatic carbocycles. The molecule has 2 aliphatic rings. The Morgan fingerprint density at radius 2 is 1.80 bits per heavy atom. The number of anilines is 1. The van der Waals surface area contributed by atoms with Crippen molar-refractivity contribution in [2.24, 2.45) is 0 Å². The summed E-state index contributed by atoms with van der Waals surface area (Å²) in [6.07, 6.45) is 1.86. The first-order valence-corrected chi connectivity index (χ1v) is 9.62. The quantitative estimate of drug-likeness (QED) is 0.853. The van der Waals surface area contributed by atoms with E-state index in [4.69, 9.17) is 4.74 Å². The van der Waals surface area contributed by atoms with Crippen molar-refractivity contribution in [3.63, 3.8) is 0 Å². The Morgan fingerprint density at radius 3 is 2.44 bits per heavy atom. The SMILES string of the molecule is CC(NC(C)C1CN(C)CCO1)c1ccc(N2CCC(O)CC2)cc1. The molecule has 3 atom stereocenters. The zero-order chi connectivity index (χ0) is 17.8. The van der Waals surface area contributed by atoms with E-state index < -0.39 is 0 Å². The van der Waals surface area contributed by atoms with Crippen molar-refractivity contribution in [1.29, 1.82) is 0 Å². The molecule has 2 fully saturated rings. The highest BCUT2D eigenvalue weighted by Gasteiger charge is 2.25. The van der Waals surface area contributed by atoms with Crippen LogP contribution in [0.5, 0.6) is 0 Å². The molecule has 2 N–H and O–H groups in total. The second-order valence-corrected chi connectivity index (χ2v) is 7.66. The number of hydrogen-bond donors (Lipinski definition) is 2. The Morgan fingerprint density at radius 1 is 1.12 bits per heavy atom. The topological polar surface area (TPSA) is 48.0 Å². The van der Waals surface area contributed by atoms with Crippen molar-refractivity contribution >= 4 is 5.69 Å². The van der Waals surface area contributed by atoms with Gasteiger partial charge in [0.05, 0.1) is 18.8 Å². The summed E-state index contributed by atoms with van der Waals surface area (Å²) in [5, 5.41) is 13.3. The van der Waals surface area contributed by atoms with E-state index in [1.807, 2.05) is 0 Å². The third-order valence-corrected chi connectivity index (χ3v) is 5.59. The van der Waals surface area contributed by atoms with Crippen LogP contribution < -0.4 is 10.2 Å². The smallest absolute Gasteiger partial charge is 0.0852 e. The van der Waals surface area contributed by atoms with Crippen molar-refractivity contribution in [2.75, 3.05) is 44.7 Å². The van der Waals surface area contributed by atoms with E-state index >= 15 is 0 Å². The monoisotopic (exact) mass is 347 g/mol. The van der Waals surface area contributed by atoms with Gasteiger partial charge in [-0.25, -0.2) is 0 Å². The van der Waals surface area contributed by atoms with Gasteiger partial charge in [-0.1, -0.05) is 12.1 Å². The van der Waals surface area contributed by atoms with Crippen LogP contribution in [0.15, 0.2) is 24.3 Å². The minimum Gasteiger partial charge on any atom is -0.393 e. The first-order chi connectivity index (χ1) is 12.0. The molecule has 140 valence electrons. The van der Waals surface area contributed by atoms with Crippen LogP contribution in [0.2, 0.25) is 0 Å². The lowest BCUT2D eigenvalue weighted by atomic mass is 10.0. The maximum atomic E-state index is 9.65. The Bertz CT molecular complexity index is 528. The maximum absolute atomic E-state index is 9.65. The van der Waals surface area contributed by atoms with E-state index in [0.29, 0.717) is 12.1 Å². The third-order valence-electron chi connectivity index (χ3n) is 5.59. The van der Waals surface area contributed by atoms with Gasteiger partial charge in [0.2, 0.25) is 0 Å². The highest BCUT2D eigenvalue weighted by molar-refractivity contribution is 5.48. The van der Waals surface area contributed by atoms with Crippen LogP contribution in [0.4, 0.5) is 5.69 Å². The number of likely N-dealkylation sites (N-methyl/N-ethyl adjacent to an activating group) is 1. The van der Waals surface area contributed by atoms with Gasteiger partial charge >= 0.3 is 0 Å².